The van der Waals surface area contributed by atoms with Gasteiger partial charge in [-0.3, -0.25) is 9.59 Å². The Kier molecular flexibility index (Phi) is 7.23. The summed E-state index contributed by atoms with van der Waals surface area (Å²) in [5, 5.41) is 6.04. The number of aromatic nitrogens is 4. The van der Waals surface area contributed by atoms with Crippen molar-refractivity contribution in [3.63, 3.8) is 0 Å². The van der Waals surface area contributed by atoms with Gasteiger partial charge in [0, 0.05) is 23.9 Å². The lowest BCUT2D eigenvalue weighted by molar-refractivity contribution is -0.147. The Morgan fingerprint density at radius 2 is 1.85 bits per heavy atom. The smallest absolute Gasteiger partial charge is 0.453 e. The average Bonchev–Trinajstić information content (AvgIpc) is 3.22. The number of aryl methyl sites for hydroxylation is 2. The molecule has 3 aromatic rings. The molecule has 13 heteroatoms. The number of anilines is 1. The highest BCUT2D eigenvalue weighted by Crippen LogP contribution is 2.29. The van der Waals surface area contributed by atoms with E-state index in [0.29, 0.717) is 34.1 Å². The second kappa shape index (κ2) is 9.93. The summed E-state index contributed by atoms with van der Waals surface area (Å²) in [5.74, 6) is -1.83. The van der Waals surface area contributed by atoms with Crippen LogP contribution in [0.5, 0.6) is 11.5 Å². The van der Waals surface area contributed by atoms with Crippen molar-refractivity contribution in [1.29, 1.82) is 0 Å². The Balaban J connectivity index is 1.60. The van der Waals surface area contributed by atoms with Crippen molar-refractivity contribution in [2.75, 3.05) is 26.1 Å². The fourth-order valence-electron chi connectivity index (χ4n) is 3.23. The summed E-state index contributed by atoms with van der Waals surface area (Å²) in [4.78, 5) is 31.8. The molecule has 1 amide bonds. The summed E-state index contributed by atoms with van der Waals surface area (Å²) in [5.41, 5.74) is 1.68. The zero-order valence-corrected chi connectivity index (χ0v) is 18.8. The topological polar surface area (TPSA) is 117 Å². The monoisotopic (exact) mass is 481 g/mol. The first kappa shape index (κ1) is 24.7. The number of halogens is 3. The van der Waals surface area contributed by atoms with E-state index in [1.165, 1.54) is 14.2 Å². The number of nitrogens with zero attached hydrogens (tertiary/aromatic N) is 4. The highest BCUT2D eigenvalue weighted by atomic mass is 19.4. The van der Waals surface area contributed by atoms with E-state index in [1.807, 2.05) is 0 Å². The van der Waals surface area contributed by atoms with Gasteiger partial charge in [-0.05, 0) is 38.0 Å². The fourth-order valence-corrected chi connectivity index (χ4v) is 3.23. The predicted molar refractivity (Wildman–Crippen MR) is 113 cm³/mol. The maximum Gasteiger partial charge on any atom is 0.453 e. The van der Waals surface area contributed by atoms with E-state index in [-0.39, 0.29) is 18.6 Å². The number of amides is 1. The Morgan fingerprint density at radius 3 is 2.50 bits per heavy atom. The molecule has 0 aliphatic carbocycles. The molecule has 0 atom stereocenters. The van der Waals surface area contributed by atoms with Crippen LogP contribution in [0.4, 0.5) is 18.9 Å². The van der Waals surface area contributed by atoms with Gasteiger partial charge < -0.3 is 19.5 Å². The molecule has 1 aromatic carbocycles. The zero-order valence-electron chi connectivity index (χ0n) is 18.8. The molecule has 0 fully saturated rings. The number of carbonyl (C=O) groups excluding carboxylic acids is 2. The normalized spacial score (nSPS) is 11.4. The third-order valence-electron chi connectivity index (χ3n) is 4.93. The van der Waals surface area contributed by atoms with E-state index in [1.54, 1.807) is 32.0 Å². The molecule has 3 rings (SSSR count). The molecule has 0 radical (unpaired) electrons. The van der Waals surface area contributed by atoms with Gasteiger partial charge in [0.25, 0.3) is 17.5 Å². The van der Waals surface area contributed by atoms with Gasteiger partial charge in [-0.15, -0.1) is 5.10 Å². The van der Waals surface area contributed by atoms with E-state index in [2.05, 4.69) is 20.4 Å². The first-order chi connectivity index (χ1) is 16.0. The highest BCUT2D eigenvalue weighted by Gasteiger charge is 2.37. The van der Waals surface area contributed by atoms with Crippen LogP contribution >= 0.6 is 0 Å². The van der Waals surface area contributed by atoms with Crippen molar-refractivity contribution >= 4 is 23.3 Å². The first-order valence-electron chi connectivity index (χ1n) is 10.0. The van der Waals surface area contributed by atoms with Crippen LogP contribution in [0.1, 0.15) is 29.2 Å². The molecule has 0 spiro atoms. The summed E-state index contributed by atoms with van der Waals surface area (Å²) in [6.45, 7) is 2.63. The summed E-state index contributed by atoms with van der Waals surface area (Å²) in [7, 11) is 2.92. The standard InChI is InChI=1S/C21H22F3N5O5/c1-11-14(12(2)29-20(25-11)27-19(28-29)21(22,23)24)6-8-18(31)34-10-17(30)26-15-9-13(32-3)5-7-16(15)33-4/h5,7,9H,6,8,10H2,1-4H3,(H,26,30). The van der Waals surface area contributed by atoms with E-state index >= 15 is 0 Å². The van der Waals surface area contributed by atoms with E-state index < -0.39 is 30.5 Å². The SMILES string of the molecule is COc1ccc(OC)c(NC(=O)COC(=O)CCc2c(C)nc3nc(C(F)(F)F)nn3c2C)c1. The number of fused-ring (bicyclic) bond motifs is 1. The number of alkyl halides is 3. The lowest BCUT2D eigenvalue weighted by Crippen LogP contribution is -2.21. The van der Waals surface area contributed by atoms with Gasteiger partial charge >= 0.3 is 12.1 Å². The molecule has 34 heavy (non-hydrogen) atoms. The minimum atomic E-state index is -4.70. The van der Waals surface area contributed by atoms with E-state index in [0.717, 1.165) is 4.52 Å². The molecule has 10 nitrogen and oxygen atoms in total. The number of rotatable bonds is 8. The second-order valence-electron chi connectivity index (χ2n) is 7.18. The first-order valence-corrected chi connectivity index (χ1v) is 10.0. The lowest BCUT2D eigenvalue weighted by Gasteiger charge is -2.12. The van der Waals surface area contributed by atoms with Gasteiger partial charge in [0.1, 0.15) is 11.5 Å². The van der Waals surface area contributed by atoms with Gasteiger partial charge in [0.05, 0.1) is 19.9 Å². The largest absolute Gasteiger partial charge is 0.497 e. The van der Waals surface area contributed by atoms with Crippen molar-refractivity contribution in [3.8, 4) is 11.5 Å². The average molecular weight is 481 g/mol. The van der Waals surface area contributed by atoms with Crippen LogP contribution < -0.4 is 14.8 Å². The minimum absolute atomic E-state index is 0.120. The summed E-state index contributed by atoms with van der Waals surface area (Å²) in [6.07, 6.45) is -4.69. The Hall–Kier alpha value is -3.90. The molecular formula is C21H22F3N5O5. The van der Waals surface area contributed by atoms with Crippen molar-refractivity contribution < 1.29 is 37.0 Å². The zero-order chi connectivity index (χ0) is 25.0. The number of carbonyl (C=O) groups is 2. The molecule has 0 aliphatic rings. The lowest BCUT2D eigenvalue weighted by atomic mass is 10.1. The number of esters is 1. The quantitative estimate of drug-likeness (QED) is 0.488. The Labute approximate surface area is 192 Å². The van der Waals surface area contributed by atoms with E-state index in [9.17, 15) is 22.8 Å². The molecule has 0 aliphatic heterocycles. The van der Waals surface area contributed by atoms with Crippen LogP contribution in [0.3, 0.4) is 0 Å². The van der Waals surface area contributed by atoms with Crippen molar-refractivity contribution in [3.05, 3.63) is 41.0 Å². The molecule has 0 unspecified atom stereocenters. The number of methoxy groups -OCH3 is 2. The minimum Gasteiger partial charge on any atom is -0.497 e. The van der Waals surface area contributed by atoms with Gasteiger partial charge in [0.15, 0.2) is 6.61 Å². The molecule has 2 aromatic heterocycles. The molecule has 0 bridgehead atoms. The predicted octanol–water partition coefficient (Wildman–Crippen LogP) is 2.89. The van der Waals surface area contributed by atoms with Crippen LogP contribution in [0.15, 0.2) is 18.2 Å². The Bertz CT molecular complexity index is 1230. The highest BCUT2D eigenvalue weighted by molar-refractivity contribution is 5.94. The maximum absolute atomic E-state index is 12.9. The number of nitrogens with one attached hydrogen (secondary N) is 1. The number of hydrogen-bond donors (Lipinski definition) is 1. The van der Waals surface area contributed by atoms with Gasteiger partial charge in [-0.25, -0.2) is 9.50 Å². The van der Waals surface area contributed by atoms with Crippen LogP contribution in [0, 0.1) is 13.8 Å². The fraction of sp³-hybridized carbons (Fsp3) is 0.381. The van der Waals surface area contributed by atoms with Crippen LogP contribution in [0.2, 0.25) is 0 Å². The van der Waals surface area contributed by atoms with E-state index in [4.69, 9.17) is 14.2 Å². The summed E-state index contributed by atoms with van der Waals surface area (Å²) < 4.78 is 55.0. The third-order valence-corrected chi connectivity index (χ3v) is 4.93. The molecule has 1 N–H and O–H groups in total. The number of benzene rings is 1. The maximum atomic E-state index is 12.9. The van der Waals surface area contributed by atoms with Crippen LogP contribution in [0.25, 0.3) is 5.78 Å². The second-order valence-corrected chi connectivity index (χ2v) is 7.18. The van der Waals surface area contributed by atoms with Crippen molar-refractivity contribution in [1.82, 2.24) is 19.6 Å². The molecular weight excluding hydrogens is 459 g/mol. The van der Waals surface area contributed by atoms with Crippen molar-refractivity contribution in [2.24, 2.45) is 0 Å². The summed E-state index contributed by atoms with van der Waals surface area (Å²) in [6, 6.07) is 4.83. The molecule has 0 saturated heterocycles. The van der Waals surface area contributed by atoms with Crippen molar-refractivity contribution in [2.45, 2.75) is 32.9 Å². The molecule has 0 saturated carbocycles. The molecule has 2 heterocycles. The third kappa shape index (κ3) is 5.53. The molecule has 182 valence electrons. The summed E-state index contributed by atoms with van der Waals surface area (Å²) >= 11 is 0. The number of ether oxygens (including phenoxy) is 3. The number of hydrogen-bond acceptors (Lipinski definition) is 8. The van der Waals surface area contributed by atoms with Crippen LogP contribution in [-0.4, -0.2) is 52.3 Å². The Morgan fingerprint density at radius 1 is 1.12 bits per heavy atom. The van der Waals surface area contributed by atoms with Gasteiger partial charge in [-0.1, -0.05) is 0 Å². The van der Waals surface area contributed by atoms with Gasteiger partial charge in [-0.2, -0.15) is 18.2 Å². The van der Waals surface area contributed by atoms with Gasteiger partial charge in [0.2, 0.25) is 0 Å². The van der Waals surface area contributed by atoms with Crippen LogP contribution in [-0.2, 0) is 26.9 Å².